The number of likely N-dealkylation sites (tertiary alicyclic amines) is 2. The van der Waals surface area contributed by atoms with Crippen molar-refractivity contribution in [1.82, 2.24) is 25.0 Å². The van der Waals surface area contributed by atoms with Gasteiger partial charge in [0.2, 0.25) is 0 Å². The fraction of sp³-hybridized carbons (Fsp3) is 0.625. The predicted octanol–water partition coefficient (Wildman–Crippen LogP) is 3.11. The highest BCUT2D eigenvalue weighted by Crippen LogP contribution is 2.20. The highest BCUT2D eigenvalue weighted by Gasteiger charge is 2.28. The number of piperidine rings is 2. The number of carbonyl (C=O) groups is 2. The van der Waals surface area contributed by atoms with Crippen LogP contribution in [0, 0.1) is 5.92 Å². The van der Waals surface area contributed by atoms with Gasteiger partial charge < -0.3 is 19.9 Å². The van der Waals surface area contributed by atoms with Crippen LogP contribution in [0.15, 0.2) is 37.1 Å². The van der Waals surface area contributed by atoms with Crippen molar-refractivity contribution in [2.45, 2.75) is 45.2 Å². The minimum atomic E-state index is -0.257. The van der Waals surface area contributed by atoms with Crippen molar-refractivity contribution in [3.63, 3.8) is 0 Å². The number of rotatable bonds is 8. The van der Waals surface area contributed by atoms with Crippen molar-refractivity contribution in [2.75, 3.05) is 45.9 Å². The molecular formula is C24H37N5O3. The second kappa shape index (κ2) is 12.4. The molecule has 32 heavy (non-hydrogen) atoms. The normalized spacial score (nSPS) is 17.9. The van der Waals surface area contributed by atoms with E-state index in [1.807, 2.05) is 36.2 Å². The van der Waals surface area contributed by atoms with E-state index in [0.29, 0.717) is 25.6 Å². The third-order valence-corrected chi connectivity index (χ3v) is 6.27. The highest BCUT2D eigenvalue weighted by molar-refractivity contribution is 5.74. The number of hydrogen-bond acceptors (Lipinski definition) is 5. The van der Waals surface area contributed by atoms with Crippen LogP contribution < -0.4 is 5.32 Å². The van der Waals surface area contributed by atoms with E-state index in [1.54, 1.807) is 4.90 Å². The summed E-state index contributed by atoms with van der Waals surface area (Å²) in [6.07, 6.45) is 7.07. The van der Waals surface area contributed by atoms with Gasteiger partial charge >= 0.3 is 12.1 Å². The Labute approximate surface area is 191 Å². The van der Waals surface area contributed by atoms with Crippen LogP contribution in [0.1, 0.15) is 38.3 Å². The first-order valence-corrected chi connectivity index (χ1v) is 11.8. The summed E-state index contributed by atoms with van der Waals surface area (Å²) in [4.78, 5) is 35.0. The zero-order valence-corrected chi connectivity index (χ0v) is 19.2. The summed E-state index contributed by atoms with van der Waals surface area (Å²) in [6.45, 7) is 11.6. The molecule has 1 aromatic heterocycles. The highest BCUT2D eigenvalue weighted by atomic mass is 16.6. The van der Waals surface area contributed by atoms with Crippen molar-refractivity contribution in [2.24, 2.45) is 5.92 Å². The molecule has 8 nitrogen and oxygen atoms in total. The van der Waals surface area contributed by atoms with E-state index in [0.717, 1.165) is 64.1 Å². The molecule has 8 heteroatoms. The third kappa shape index (κ3) is 7.22. The molecule has 1 aromatic rings. The Morgan fingerprint density at radius 1 is 1.19 bits per heavy atom. The third-order valence-electron chi connectivity index (χ3n) is 6.27. The first-order valence-electron chi connectivity index (χ1n) is 11.8. The Bertz CT molecular complexity index is 728. The lowest BCUT2D eigenvalue weighted by Gasteiger charge is -2.36. The van der Waals surface area contributed by atoms with Gasteiger partial charge in [0.05, 0.1) is 12.3 Å². The van der Waals surface area contributed by atoms with Crippen LogP contribution >= 0.6 is 0 Å². The summed E-state index contributed by atoms with van der Waals surface area (Å²) in [5.41, 5.74) is 1.07. The fourth-order valence-electron chi connectivity index (χ4n) is 4.48. The predicted molar refractivity (Wildman–Crippen MR) is 124 cm³/mol. The first kappa shape index (κ1) is 24.0. The van der Waals surface area contributed by atoms with Crippen LogP contribution in [-0.4, -0.2) is 83.7 Å². The van der Waals surface area contributed by atoms with Crippen molar-refractivity contribution in [3.05, 3.63) is 42.7 Å². The number of urea groups is 1. The van der Waals surface area contributed by atoms with Gasteiger partial charge in [-0.05, 0) is 50.7 Å². The van der Waals surface area contributed by atoms with E-state index in [2.05, 4.69) is 27.8 Å². The monoisotopic (exact) mass is 443 g/mol. The molecule has 0 aliphatic carbocycles. The summed E-state index contributed by atoms with van der Waals surface area (Å²) >= 11 is 0. The molecule has 2 aliphatic rings. The zero-order valence-electron chi connectivity index (χ0n) is 19.2. The van der Waals surface area contributed by atoms with Crippen molar-refractivity contribution < 1.29 is 14.3 Å². The second-order valence-electron chi connectivity index (χ2n) is 8.64. The maximum absolute atomic E-state index is 12.7. The molecule has 2 fully saturated rings. The molecular weight excluding hydrogens is 406 g/mol. The van der Waals surface area contributed by atoms with Crippen LogP contribution in [0.3, 0.4) is 0 Å². The number of pyridine rings is 1. The Kier molecular flexibility index (Phi) is 9.34. The molecule has 0 spiro atoms. The Morgan fingerprint density at radius 2 is 1.91 bits per heavy atom. The van der Waals surface area contributed by atoms with E-state index in [-0.39, 0.29) is 18.2 Å². The molecule has 2 saturated heterocycles. The van der Waals surface area contributed by atoms with Gasteiger partial charge in [0, 0.05) is 58.1 Å². The molecule has 2 aliphatic heterocycles. The number of hydrogen-bond donors (Lipinski definition) is 1. The maximum atomic E-state index is 12.7. The quantitative estimate of drug-likeness (QED) is 0.625. The van der Waals surface area contributed by atoms with E-state index < -0.39 is 0 Å². The second-order valence-corrected chi connectivity index (χ2v) is 8.64. The lowest BCUT2D eigenvalue weighted by atomic mass is 9.96. The number of amides is 3. The number of nitrogens with one attached hydrogen (secondary N) is 1. The van der Waals surface area contributed by atoms with E-state index in [1.165, 1.54) is 0 Å². The van der Waals surface area contributed by atoms with Gasteiger partial charge in [-0.2, -0.15) is 0 Å². The molecule has 176 valence electrons. The SMILES string of the molecule is C=CCN(Cc1ccccn1)CC1CCN(C(=O)NC2CCN(C(=O)OCC)CC2)CC1. The van der Waals surface area contributed by atoms with Gasteiger partial charge in [-0.25, -0.2) is 9.59 Å². The number of ether oxygens (including phenoxy) is 1. The number of nitrogens with zero attached hydrogens (tertiary/aromatic N) is 4. The van der Waals surface area contributed by atoms with Gasteiger partial charge in [0.25, 0.3) is 0 Å². The van der Waals surface area contributed by atoms with Gasteiger partial charge in [-0.3, -0.25) is 9.88 Å². The average Bonchev–Trinajstić information content (AvgIpc) is 2.81. The molecule has 0 saturated carbocycles. The molecule has 1 N–H and O–H groups in total. The summed E-state index contributed by atoms with van der Waals surface area (Å²) in [6, 6.07) is 6.15. The average molecular weight is 444 g/mol. The summed E-state index contributed by atoms with van der Waals surface area (Å²) in [5, 5.41) is 3.16. The molecule has 0 bridgehead atoms. The Balaban J connectivity index is 1.38. The molecule has 0 unspecified atom stereocenters. The molecule has 0 atom stereocenters. The largest absolute Gasteiger partial charge is 0.450 e. The van der Waals surface area contributed by atoms with Gasteiger partial charge in [0.1, 0.15) is 0 Å². The summed E-state index contributed by atoms with van der Waals surface area (Å²) < 4.78 is 5.06. The molecule has 3 rings (SSSR count). The van der Waals surface area contributed by atoms with Gasteiger partial charge in [-0.15, -0.1) is 6.58 Å². The smallest absolute Gasteiger partial charge is 0.409 e. The number of aromatic nitrogens is 1. The van der Waals surface area contributed by atoms with Gasteiger partial charge in [-0.1, -0.05) is 12.1 Å². The molecule has 0 aromatic carbocycles. The zero-order chi connectivity index (χ0) is 22.8. The van der Waals surface area contributed by atoms with E-state index >= 15 is 0 Å². The van der Waals surface area contributed by atoms with Gasteiger partial charge in [0.15, 0.2) is 0 Å². The fourth-order valence-corrected chi connectivity index (χ4v) is 4.48. The lowest BCUT2D eigenvalue weighted by Crippen LogP contribution is -2.52. The first-order chi connectivity index (χ1) is 15.6. The Hall–Kier alpha value is -2.61. The van der Waals surface area contributed by atoms with E-state index in [4.69, 9.17) is 4.74 Å². The van der Waals surface area contributed by atoms with Crippen LogP contribution in [0.4, 0.5) is 9.59 Å². The maximum Gasteiger partial charge on any atom is 0.409 e. The molecule has 3 heterocycles. The van der Waals surface area contributed by atoms with Crippen molar-refractivity contribution >= 4 is 12.1 Å². The van der Waals surface area contributed by atoms with Crippen molar-refractivity contribution in [3.8, 4) is 0 Å². The van der Waals surface area contributed by atoms with Crippen LogP contribution in [0.25, 0.3) is 0 Å². The number of carbonyl (C=O) groups excluding carboxylic acids is 2. The summed E-state index contributed by atoms with van der Waals surface area (Å²) in [7, 11) is 0. The Morgan fingerprint density at radius 3 is 2.53 bits per heavy atom. The standard InChI is InChI=1S/C24H37N5O3/c1-3-13-27(19-22-7-5-6-12-25-22)18-20-8-14-28(15-9-20)23(30)26-21-10-16-29(17-11-21)24(31)32-4-2/h3,5-7,12,20-21H,1,4,8-11,13-19H2,2H3,(H,26,30). The molecule has 0 radical (unpaired) electrons. The minimum Gasteiger partial charge on any atom is -0.450 e. The summed E-state index contributed by atoms with van der Waals surface area (Å²) in [5.74, 6) is 0.565. The van der Waals surface area contributed by atoms with Crippen molar-refractivity contribution in [1.29, 1.82) is 0 Å². The van der Waals surface area contributed by atoms with Crippen LogP contribution in [-0.2, 0) is 11.3 Å². The lowest BCUT2D eigenvalue weighted by molar-refractivity contribution is 0.0944. The van der Waals surface area contributed by atoms with Crippen LogP contribution in [0.2, 0.25) is 0 Å². The minimum absolute atomic E-state index is 0.0227. The molecule has 3 amide bonds. The van der Waals surface area contributed by atoms with Crippen LogP contribution in [0.5, 0.6) is 0 Å². The van der Waals surface area contributed by atoms with E-state index in [9.17, 15) is 9.59 Å². The topological polar surface area (TPSA) is 78.0 Å².